The molecule has 8 nitrogen and oxygen atoms in total. The molecule has 264 valence electrons. The molecule has 0 aliphatic rings. The van der Waals surface area contributed by atoms with Crippen molar-refractivity contribution < 1.29 is 10.2 Å². The predicted molar refractivity (Wildman–Crippen MR) is 205 cm³/mol. The van der Waals surface area contributed by atoms with Gasteiger partial charge in [0, 0.05) is 17.6 Å². The van der Waals surface area contributed by atoms with Crippen LogP contribution < -0.4 is 0 Å². The zero-order valence-electron chi connectivity index (χ0n) is 31.5. The summed E-state index contributed by atoms with van der Waals surface area (Å²) < 4.78 is 0. The molecule has 5 aromatic rings. The number of aromatic hydroxyl groups is 1. The number of aliphatic hydroxyl groups excluding tert-OH is 1. The summed E-state index contributed by atoms with van der Waals surface area (Å²) in [5.41, 5.74) is 6.01. The standard InChI is InChI=1S/C42H54N6O2/c1-12-28(37(49)35(21-22-41(8,9)26-39(2,3)4)47-43-31-17-13-14-18-32(31)44-47)23-29-24-30(42(10,11)27-40(5,6)7)25-36(38(29)50)48-45-33-19-15-16-20-34(33)46-48/h12-21,24-25,49-50H,1,22-23,26-27H2,2-11H3/b35-21+,37-28-. The van der Waals surface area contributed by atoms with Crippen molar-refractivity contribution >= 4 is 27.8 Å². The van der Waals surface area contributed by atoms with Gasteiger partial charge >= 0.3 is 0 Å². The van der Waals surface area contributed by atoms with Gasteiger partial charge < -0.3 is 10.2 Å². The highest BCUT2D eigenvalue weighted by Gasteiger charge is 2.30. The van der Waals surface area contributed by atoms with Gasteiger partial charge in [-0.25, -0.2) is 0 Å². The molecule has 5 rings (SSSR count). The van der Waals surface area contributed by atoms with Crippen molar-refractivity contribution in [3.8, 4) is 11.4 Å². The second-order valence-corrected chi connectivity index (χ2v) is 17.5. The van der Waals surface area contributed by atoms with E-state index >= 15 is 0 Å². The molecule has 8 heteroatoms. The van der Waals surface area contributed by atoms with Crippen molar-refractivity contribution in [3.05, 3.63) is 102 Å². The molecular weight excluding hydrogens is 621 g/mol. The number of rotatable bonds is 11. The first-order valence-corrected chi connectivity index (χ1v) is 17.5. The number of fused-ring (bicyclic) bond motifs is 2. The van der Waals surface area contributed by atoms with Gasteiger partial charge in [0.25, 0.3) is 0 Å². The van der Waals surface area contributed by atoms with Gasteiger partial charge in [-0.15, -0.1) is 30.0 Å². The molecule has 0 saturated heterocycles. The molecule has 2 heterocycles. The molecule has 0 amide bonds. The predicted octanol–water partition coefficient (Wildman–Crippen LogP) is 10.5. The molecule has 0 unspecified atom stereocenters. The Hall–Kier alpha value is -4.72. The average Bonchev–Trinajstić information content (AvgIpc) is 3.62. The van der Waals surface area contributed by atoms with Crippen LogP contribution in [-0.4, -0.2) is 40.2 Å². The number of allylic oxidation sites excluding steroid dienone is 4. The summed E-state index contributed by atoms with van der Waals surface area (Å²) in [6.45, 7) is 26.5. The van der Waals surface area contributed by atoms with Crippen molar-refractivity contribution in [1.29, 1.82) is 0 Å². The minimum atomic E-state index is -0.245. The van der Waals surface area contributed by atoms with Crippen molar-refractivity contribution in [2.75, 3.05) is 0 Å². The summed E-state index contributed by atoms with van der Waals surface area (Å²) in [5.74, 6) is 0.0580. The highest BCUT2D eigenvalue weighted by Crippen LogP contribution is 2.41. The Morgan fingerprint density at radius 3 is 1.72 bits per heavy atom. The third-order valence-corrected chi connectivity index (χ3v) is 8.96. The van der Waals surface area contributed by atoms with Crippen LogP contribution in [-0.2, 0) is 11.8 Å². The Morgan fingerprint density at radius 1 is 0.740 bits per heavy atom. The van der Waals surface area contributed by atoms with Crippen LogP contribution in [0.1, 0.15) is 99.6 Å². The zero-order chi connectivity index (χ0) is 36.6. The second-order valence-electron chi connectivity index (χ2n) is 17.5. The molecule has 2 N–H and O–H groups in total. The maximum Gasteiger partial charge on any atom is 0.146 e. The van der Waals surface area contributed by atoms with Gasteiger partial charge in [0.15, 0.2) is 0 Å². The number of hydrogen-bond acceptors (Lipinski definition) is 6. The van der Waals surface area contributed by atoms with Gasteiger partial charge in [0.1, 0.15) is 45.0 Å². The molecule has 0 bridgehead atoms. The van der Waals surface area contributed by atoms with Gasteiger partial charge in [-0.2, -0.15) is 0 Å². The van der Waals surface area contributed by atoms with E-state index in [1.807, 2.05) is 66.7 Å². The number of aliphatic hydroxyl groups is 1. The Bertz CT molecular complexity index is 2010. The van der Waals surface area contributed by atoms with Crippen LogP contribution in [0.15, 0.2) is 90.7 Å². The van der Waals surface area contributed by atoms with E-state index in [9.17, 15) is 10.2 Å². The first kappa shape index (κ1) is 36.6. The summed E-state index contributed by atoms with van der Waals surface area (Å²) in [5, 5.41) is 42.9. The monoisotopic (exact) mass is 674 g/mol. The smallest absolute Gasteiger partial charge is 0.146 e. The van der Waals surface area contributed by atoms with E-state index in [4.69, 9.17) is 20.4 Å². The van der Waals surface area contributed by atoms with Crippen LogP contribution in [0.4, 0.5) is 0 Å². The fourth-order valence-corrected chi connectivity index (χ4v) is 7.49. The van der Waals surface area contributed by atoms with Crippen molar-refractivity contribution in [2.45, 2.75) is 100 Å². The minimum absolute atomic E-state index is 0.00937. The van der Waals surface area contributed by atoms with Gasteiger partial charge in [-0.05, 0) is 76.8 Å². The summed E-state index contributed by atoms with van der Waals surface area (Å²) in [6, 6.07) is 19.4. The van der Waals surface area contributed by atoms with Crippen molar-refractivity contribution in [1.82, 2.24) is 30.0 Å². The number of benzene rings is 3. The number of aromatic nitrogens is 6. The third kappa shape index (κ3) is 8.52. The molecule has 50 heavy (non-hydrogen) atoms. The molecular formula is C42H54N6O2. The first-order chi connectivity index (χ1) is 23.2. The van der Waals surface area contributed by atoms with Crippen LogP contribution in [0.5, 0.6) is 5.75 Å². The Kier molecular flexibility index (Phi) is 9.90. The van der Waals surface area contributed by atoms with Crippen LogP contribution in [0.2, 0.25) is 0 Å². The van der Waals surface area contributed by atoms with Crippen LogP contribution >= 0.6 is 0 Å². The van der Waals surface area contributed by atoms with Gasteiger partial charge in [0.2, 0.25) is 0 Å². The maximum atomic E-state index is 12.1. The third-order valence-electron chi connectivity index (χ3n) is 8.96. The SMILES string of the molecule is C=C/C(Cc1cc(C(C)(C)CC(C)(C)C)cc(-n2nc3ccccc3n2)c1O)=C(O)\C(=C/CC(C)(C)CC(C)(C)C)n1nc2ccccc2n1. The second kappa shape index (κ2) is 13.5. The number of phenolic OH excluding ortho intramolecular Hbond substituents is 1. The van der Waals surface area contributed by atoms with Crippen molar-refractivity contribution in [2.24, 2.45) is 16.2 Å². The lowest BCUT2D eigenvalue weighted by atomic mass is 9.72. The largest absolute Gasteiger partial charge is 0.505 e. The first-order valence-electron chi connectivity index (χ1n) is 17.5. The lowest BCUT2D eigenvalue weighted by Crippen LogP contribution is -2.25. The van der Waals surface area contributed by atoms with E-state index in [1.165, 1.54) is 9.59 Å². The zero-order valence-corrected chi connectivity index (χ0v) is 31.5. The highest BCUT2D eigenvalue weighted by molar-refractivity contribution is 5.76. The van der Waals surface area contributed by atoms with Gasteiger partial charge in [-0.1, -0.05) is 118 Å². The molecule has 0 fully saturated rings. The van der Waals surface area contributed by atoms with Gasteiger partial charge in [0.05, 0.1) is 0 Å². The Morgan fingerprint density at radius 2 is 1.24 bits per heavy atom. The number of phenols is 1. The lowest BCUT2D eigenvalue weighted by Gasteiger charge is -2.33. The molecule has 0 aliphatic heterocycles. The fraction of sp³-hybridized carbons (Fsp3) is 0.429. The molecule has 3 aromatic carbocycles. The number of hydrogen-bond donors (Lipinski definition) is 2. The molecule has 0 spiro atoms. The summed E-state index contributed by atoms with van der Waals surface area (Å²) in [6.07, 6.45) is 6.47. The Balaban J connectivity index is 1.66. The molecule has 0 atom stereocenters. The van der Waals surface area contributed by atoms with E-state index < -0.39 is 0 Å². The number of nitrogens with zero attached hydrogens (tertiary/aromatic N) is 6. The summed E-state index contributed by atoms with van der Waals surface area (Å²) in [7, 11) is 0. The van der Waals surface area contributed by atoms with Gasteiger partial charge in [-0.3, -0.25) is 0 Å². The maximum absolute atomic E-state index is 12.1. The quantitative estimate of drug-likeness (QED) is 0.107. The van der Waals surface area contributed by atoms with Crippen LogP contribution in [0.25, 0.3) is 33.5 Å². The van der Waals surface area contributed by atoms with E-state index in [2.05, 4.69) is 75.8 Å². The molecule has 0 saturated carbocycles. The summed E-state index contributed by atoms with van der Waals surface area (Å²) in [4.78, 5) is 3.03. The highest BCUT2D eigenvalue weighted by atomic mass is 16.3. The normalized spacial score (nSPS) is 14.0. The van der Waals surface area contributed by atoms with E-state index in [1.54, 1.807) is 6.08 Å². The van der Waals surface area contributed by atoms with Crippen molar-refractivity contribution in [3.63, 3.8) is 0 Å². The molecule has 0 radical (unpaired) electrons. The average molecular weight is 675 g/mol. The summed E-state index contributed by atoms with van der Waals surface area (Å²) >= 11 is 0. The van der Waals surface area contributed by atoms with Crippen LogP contribution in [0, 0.1) is 16.2 Å². The lowest BCUT2D eigenvalue weighted by molar-refractivity contribution is 0.215. The topological polar surface area (TPSA) is 102 Å². The Labute approximate surface area is 297 Å². The van der Waals surface area contributed by atoms with E-state index in [0.717, 1.165) is 40.5 Å². The molecule has 0 aliphatic carbocycles. The van der Waals surface area contributed by atoms with E-state index in [-0.39, 0.29) is 39.6 Å². The fourth-order valence-electron chi connectivity index (χ4n) is 7.49. The van der Waals surface area contributed by atoms with Crippen LogP contribution in [0.3, 0.4) is 0 Å². The molecule has 2 aromatic heterocycles. The van der Waals surface area contributed by atoms with E-state index in [0.29, 0.717) is 28.9 Å². The minimum Gasteiger partial charge on any atom is -0.505 e.